The zero-order valence-electron chi connectivity index (χ0n) is 16.6. The summed E-state index contributed by atoms with van der Waals surface area (Å²) in [6, 6.07) is 0. The molecular formula is C24H42. The Labute approximate surface area is 151 Å². The third kappa shape index (κ3) is 2.88. The molecule has 0 spiro atoms. The first-order valence-electron chi connectivity index (χ1n) is 11.8. The molecule has 0 N–H and O–H groups in total. The van der Waals surface area contributed by atoms with Gasteiger partial charge in [0.05, 0.1) is 0 Å². The summed E-state index contributed by atoms with van der Waals surface area (Å²) in [5.41, 5.74) is 0.684. The van der Waals surface area contributed by atoms with Gasteiger partial charge >= 0.3 is 0 Å². The average molecular weight is 331 g/mol. The Morgan fingerprint density at radius 3 is 1.62 bits per heavy atom. The quantitative estimate of drug-likeness (QED) is 0.486. The monoisotopic (exact) mass is 330 g/mol. The first-order valence-corrected chi connectivity index (χ1v) is 11.8. The Balaban J connectivity index is 1.66. The Morgan fingerprint density at radius 1 is 0.667 bits per heavy atom. The van der Waals surface area contributed by atoms with Crippen molar-refractivity contribution in [2.45, 2.75) is 110 Å². The van der Waals surface area contributed by atoms with Gasteiger partial charge in [-0.1, -0.05) is 65.2 Å². The Kier molecular flexibility index (Phi) is 5.31. The van der Waals surface area contributed by atoms with Gasteiger partial charge in [0.2, 0.25) is 0 Å². The number of hydrogen-bond acceptors (Lipinski definition) is 0. The summed E-state index contributed by atoms with van der Waals surface area (Å²) in [4.78, 5) is 0. The minimum atomic E-state index is 0.684. The van der Waals surface area contributed by atoms with Gasteiger partial charge < -0.3 is 0 Å². The summed E-state index contributed by atoms with van der Waals surface area (Å²) in [5.74, 6) is 6.68. The van der Waals surface area contributed by atoms with E-state index in [4.69, 9.17) is 0 Å². The van der Waals surface area contributed by atoms with Gasteiger partial charge in [0, 0.05) is 0 Å². The number of hydrogen-bond donors (Lipinski definition) is 0. The van der Waals surface area contributed by atoms with Crippen LogP contribution in [0.3, 0.4) is 0 Å². The third-order valence-corrected chi connectivity index (χ3v) is 9.34. The summed E-state index contributed by atoms with van der Waals surface area (Å²) >= 11 is 0. The molecular weight excluding hydrogens is 288 g/mol. The fraction of sp³-hybridized carbons (Fsp3) is 1.00. The molecule has 0 radical (unpaired) electrons. The van der Waals surface area contributed by atoms with E-state index in [9.17, 15) is 0 Å². The van der Waals surface area contributed by atoms with Crippen molar-refractivity contribution in [2.75, 3.05) is 0 Å². The highest BCUT2D eigenvalue weighted by molar-refractivity contribution is 5.06. The van der Waals surface area contributed by atoms with Crippen molar-refractivity contribution in [1.29, 1.82) is 0 Å². The van der Waals surface area contributed by atoms with Crippen molar-refractivity contribution in [3.8, 4) is 0 Å². The van der Waals surface area contributed by atoms with Crippen LogP contribution in [0.1, 0.15) is 110 Å². The molecule has 0 bridgehead atoms. The Hall–Kier alpha value is 0. The van der Waals surface area contributed by atoms with E-state index in [-0.39, 0.29) is 0 Å². The fourth-order valence-corrected chi connectivity index (χ4v) is 8.41. The van der Waals surface area contributed by atoms with Crippen molar-refractivity contribution < 1.29 is 0 Å². The first kappa shape index (κ1) is 17.4. The molecule has 24 heavy (non-hydrogen) atoms. The predicted octanol–water partition coefficient (Wildman–Crippen LogP) is 7.62. The maximum absolute atomic E-state index is 2.80. The molecule has 4 fully saturated rings. The van der Waals surface area contributed by atoms with Crippen LogP contribution in [-0.4, -0.2) is 0 Å². The maximum atomic E-state index is 2.80. The third-order valence-electron chi connectivity index (χ3n) is 9.34. The van der Waals surface area contributed by atoms with Crippen LogP contribution in [0.2, 0.25) is 0 Å². The minimum absolute atomic E-state index is 0.684. The van der Waals surface area contributed by atoms with Crippen LogP contribution in [0.4, 0.5) is 0 Å². The molecule has 4 rings (SSSR count). The van der Waals surface area contributed by atoms with Gasteiger partial charge in [-0.05, 0) is 85.9 Å². The molecule has 138 valence electrons. The highest BCUT2D eigenvalue weighted by Gasteiger charge is 2.58. The smallest absolute Gasteiger partial charge is 0.0264 e. The number of unbranched alkanes of at least 4 members (excludes halogenated alkanes) is 1. The van der Waals surface area contributed by atoms with E-state index in [1.54, 1.807) is 70.6 Å². The van der Waals surface area contributed by atoms with E-state index < -0.39 is 0 Å². The van der Waals surface area contributed by atoms with E-state index in [1.807, 2.05) is 0 Å². The van der Waals surface area contributed by atoms with E-state index in [0.29, 0.717) is 5.41 Å². The van der Waals surface area contributed by atoms with E-state index >= 15 is 0 Å². The van der Waals surface area contributed by atoms with Crippen molar-refractivity contribution in [3.05, 3.63) is 0 Å². The van der Waals surface area contributed by atoms with Crippen molar-refractivity contribution in [3.63, 3.8) is 0 Å². The van der Waals surface area contributed by atoms with Gasteiger partial charge in [-0.3, -0.25) is 0 Å². The lowest BCUT2D eigenvalue weighted by Crippen LogP contribution is -2.41. The summed E-state index contributed by atoms with van der Waals surface area (Å²) in [6.45, 7) is 5.21. The van der Waals surface area contributed by atoms with Gasteiger partial charge in [0.1, 0.15) is 0 Å². The normalized spacial score (nSPS) is 42.5. The fourth-order valence-electron chi connectivity index (χ4n) is 8.41. The first-order chi connectivity index (χ1) is 11.8. The lowest BCUT2D eigenvalue weighted by molar-refractivity contribution is 0.00548. The molecule has 0 aromatic rings. The molecule has 4 aliphatic rings. The van der Waals surface area contributed by atoms with Crippen LogP contribution in [0.5, 0.6) is 0 Å². The molecule has 0 heterocycles. The zero-order chi connectivity index (χ0) is 16.6. The molecule has 4 aliphatic carbocycles. The van der Waals surface area contributed by atoms with Crippen LogP contribution in [0, 0.1) is 40.9 Å². The highest BCUT2D eigenvalue weighted by Crippen LogP contribution is 2.65. The van der Waals surface area contributed by atoms with Crippen LogP contribution in [0.15, 0.2) is 0 Å². The molecule has 0 amide bonds. The zero-order valence-corrected chi connectivity index (χ0v) is 16.6. The molecule has 0 saturated heterocycles. The topological polar surface area (TPSA) is 0 Å². The van der Waals surface area contributed by atoms with E-state index in [0.717, 1.165) is 35.5 Å². The lowest BCUT2D eigenvalue weighted by Gasteiger charge is -2.48. The average Bonchev–Trinajstić information content (AvgIpc) is 3.26. The lowest BCUT2D eigenvalue weighted by atomic mass is 9.57. The molecule has 0 aromatic carbocycles. The summed E-state index contributed by atoms with van der Waals surface area (Å²) in [6.07, 6.45) is 23.2. The van der Waals surface area contributed by atoms with Gasteiger partial charge in [-0.2, -0.15) is 0 Å². The van der Waals surface area contributed by atoms with E-state index in [2.05, 4.69) is 13.8 Å². The van der Waals surface area contributed by atoms with Crippen LogP contribution >= 0.6 is 0 Å². The summed E-state index contributed by atoms with van der Waals surface area (Å²) in [7, 11) is 0. The minimum Gasteiger partial charge on any atom is -0.0654 e. The molecule has 5 atom stereocenters. The van der Waals surface area contributed by atoms with Crippen LogP contribution in [-0.2, 0) is 0 Å². The second kappa shape index (κ2) is 7.32. The second-order valence-corrected chi connectivity index (χ2v) is 10.3. The second-order valence-electron chi connectivity index (χ2n) is 10.3. The predicted molar refractivity (Wildman–Crippen MR) is 104 cm³/mol. The van der Waals surface area contributed by atoms with Gasteiger partial charge in [-0.25, -0.2) is 0 Å². The molecule has 5 unspecified atom stereocenters. The molecule has 0 nitrogen and oxygen atoms in total. The highest BCUT2D eigenvalue weighted by atomic mass is 14.6. The van der Waals surface area contributed by atoms with E-state index in [1.165, 1.54) is 25.7 Å². The molecule has 0 aromatic heterocycles. The Bertz CT molecular complexity index is 384. The van der Waals surface area contributed by atoms with Crippen LogP contribution < -0.4 is 0 Å². The number of rotatable bonds is 5. The Morgan fingerprint density at radius 2 is 1.12 bits per heavy atom. The summed E-state index contributed by atoms with van der Waals surface area (Å²) in [5, 5.41) is 0. The summed E-state index contributed by atoms with van der Waals surface area (Å²) < 4.78 is 0. The SMILES string of the molecule is CCCCC(C)(C1CCCC1)C1C2CCCCC2C2CCCCC21. The van der Waals surface area contributed by atoms with Gasteiger partial charge in [0.25, 0.3) is 0 Å². The van der Waals surface area contributed by atoms with Gasteiger partial charge in [-0.15, -0.1) is 0 Å². The molecule has 0 aliphatic heterocycles. The standard InChI is InChI=1S/C24H42/c1-3-4-17-24(2,18-11-5-6-12-18)23-21-15-9-7-13-19(21)20-14-8-10-16-22(20)23/h18-23H,3-17H2,1-2H3. The molecule has 4 saturated carbocycles. The van der Waals surface area contributed by atoms with Crippen LogP contribution in [0.25, 0.3) is 0 Å². The van der Waals surface area contributed by atoms with Crippen molar-refractivity contribution >= 4 is 0 Å². The molecule has 0 heteroatoms. The largest absolute Gasteiger partial charge is 0.0654 e. The number of fused-ring (bicyclic) bond motifs is 3. The van der Waals surface area contributed by atoms with Crippen molar-refractivity contribution in [2.24, 2.45) is 40.9 Å². The van der Waals surface area contributed by atoms with Gasteiger partial charge in [0.15, 0.2) is 0 Å². The maximum Gasteiger partial charge on any atom is -0.0264 e. The van der Waals surface area contributed by atoms with Crippen molar-refractivity contribution in [1.82, 2.24) is 0 Å².